The van der Waals surface area contributed by atoms with Crippen molar-refractivity contribution in [2.45, 2.75) is 57.9 Å². The normalized spacial score (nSPS) is 33.5. The zero-order valence-corrected chi connectivity index (χ0v) is 9.09. The van der Waals surface area contributed by atoms with E-state index in [1.165, 1.54) is 44.9 Å². The molecule has 2 aliphatic rings. The van der Waals surface area contributed by atoms with Crippen LogP contribution in [0.25, 0.3) is 0 Å². The van der Waals surface area contributed by atoms with Crippen molar-refractivity contribution in [3.05, 3.63) is 0 Å². The number of hydrogen-bond donors (Lipinski definition) is 1. The maximum Gasteiger partial charge on any atom is 0.217 e. The number of nitrogens with one attached hydrogen (secondary N) is 1. The van der Waals surface area contributed by atoms with Gasteiger partial charge in [0.15, 0.2) is 0 Å². The quantitative estimate of drug-likeness (QED) is 0.720. The average Bonchev–Trinajstić information content (AvgIpc) is 2.70. The first-order valence-electron chi connectivity index (χ1n) is 6.04. The molecule has 0 aliphatic heterocycles. The molecular weight excluding hydrogens is 174 g/mol. The van der Waals surface area contributed by atoms with Crippen molar-refractivity contribution >= 4 is 5.91 Å². The third-order valence-corrected chi connectivity index (χ3v) is 3.96. The maximum atomic E-state index is 11.0. The smallest absolute Gasteiger partial charge is 0.217 e. The van der Waals surface area contributed by atoms with Crippen molar-refractivity contribution in [3.63, 3.8) is 0 Å². The lowest BCUT2D eigenvalue weighted by Gasteiger charge is -2.25. The molecule has 0 unspecified atom stereocenters. The van der Waals surface area contributed by atoms with Gasteiger partial charge < -0.3 is 5.32 Å². The summed E-state index contributed by atoms with van der Waals surface area (Å²) >= 11 is 0. The molecule has 1 N–H and O–H groups in total. The van der Waals surface area contributed by atoms with Gasteiger partial charge in [0, 0.05) is 13.0 Å². The van der Waals surface area contributed by atoms with Crippen molar-refractivity contribution in [2.75, 3.05) is 0 Å². The molecule has 2 fully saturated rings. The first kappa shape index (κ1) is 10.0. The van der Waals surface area contributed by atoms with E-state index in [4.69, 9.17) is 0 Å². The Bertz CT molecular complexity index is 208. The molecule has 0 saturated heterocycles. The van der Waals surface area contributed by atoms with Crippen molar-refractivity contribution < 1.29 is 4.79 Å². The molecule has 0 aromatic rings. The molecule has 0 bridgehead atoms. The van der Waals surface area contributed by atoms with Gasteiger partial charge in [-0.2, -0.15) is 0 Å². The molecule has 1 amide bonds. The van der Waals surface area contributed by atoms with Gasteiger partial charge in [0.1, 0.15) is 0 Å². The number of carbonyl (C=O) groups is 1. The van der Waals surface area contributed by atoms with Crippen LogP contribution in [0.1, 0.15) is 51.9 Å². The van der Waals surface area contributed by atoms with Crippen molar-refractivity contribution in [2.24, 2.45) is 11.8 Å². The Morgan fingerprint density at radius 1 is 1.07 bits per heavy atom. The Labute approximate surface area is 86.5 Å². The first-order chi connectivity index (χ1) is 6.77. The standard InChI is InChI=1S/C12H21NO/c1-9(14)13-12-8-4-7-11(12)10-5-2-3-6-10/h10-12H,2-8H2,1H3,(H,13,14)/t11-,12-/m0/s1. The van der Waals surface area contributed by atoms with Crippen LogP contribution in [0.4, 0.5) is 0 Å². The van der Waals surface area contributed by atoms with Crippen LogP contribution >= 0.6 is 0 Å². The van der Waals surface area contributed by atoms with Crippen molar-refractivity contribution in [1.29, 1.82) is 0 Å². The fourth-order valence-corrected chi connectivity index (χ4v) is 3.38. The molecule has 2 saturated carbocycles. The molecular formula is C12H21NO. The lowest BCUT2D eigenvalue weighted by atomic mass is 9.87. The van der Waals surface area contributed by atoms with E-state index in [1.807, 2.05) is 0 Å². The summed E-state index contributed by atoms with van der Waals surface area (Å²) in [5.74, 6) is 1.86. The molecule has 2 nitrogen and oxygen atoms in total. The van der Waals surface area contributed by atoms with Crippen LogP contribution < -0.4 is 5.32 Å². The number of amides is 1. The Balaban J connectivity index is 1.92. The summed E-state index contributed by atoms with van der Waals surface area (Å²) < 4.78 is 0. The van der Waals surface area contributed by atoms with E-state index in [9.17, 15) is 4.79 Å². The van der Waals surface area contributed by atoms with Crippen LogP contribution in [0.2, 0.25) is 0 Å². The van der Waals surface area contributed by atoms with E-state index in [0.717, 1.165) is 11.8 Å². The fourth-order valence-electron chi connectivity index (χ4n) is 3.38. The summed E-state index contributed by atoms with van der Waals surface area (Å²) in [4.78, 5) is 11.0. The summed E-state index contributed by atoms with van der Waals surface area (Å²) in [6.45, 7) is 1.64. The molecule has 2 heteroatoms. The average molecular weight is 195 g/mol. The minimum Gasteiger partial charge on any atom is -0.353 e. The van der Waals surface area contributed by atoms with Crippen molar-refractivity contribution in [3.8, 4) is 0 Å². The summed E-state index contributed by atoms with van der Waals surface area (Å²) in [6, 6.07) is 0.496. The summed E-state index contributed by atoms with van der Waals surface area (Å²) in [6.07, 6.45) is 9.49. The molecule has 0 aromatic carbocycles. The molecule has 0 heterocycles. The van der Waals surface area contributed by atoms with Gasteiger partial charge in [0.25, 0.3) is 0 Å². The molecule has 14 heavy (non-hydrogen) atoms. The van der Waals surface area contributed by atoms with E-state index in [1.54, 1.807) is 6.92 Å². The highest BCUT2D eigenvalue weighted by Crippen LogP contribution is 2.40. The van der Waals surface area contributed by atoms with Crippen LogP contribution in [-0.4, -0.2) is 11.9 Å². The molecule has 0 aromatic heterocycles. The van der Waals surface area contributed by atoms with E-state index in [2.05, 4.69) is 5.32 Å². The second-order valence-corrected chi connectivity index (χ2v) is 4.95. The highest BCUT2D eigenvalue weighted by molar-refractivity contribution is 5.73. The fraction of sp³-hybridized carbons (Fsp3) is 0.917. The Hall–Kier alpha value is -0.530. The Morgan fingerprint density at radius 3 is 2.43 bits per heavy atom. The highest BCUT2D eigenvalue weighted by atomic mass is 16.1. The third-order valence-electron chi connectivity index (χ3n) is 3.96. The number of carbonyl (C=O) groups excluding carboxylic acids is 1. The first-order valence-corrected chi connectivity index (χ1v) is 6.04. The van der Waals surface area contributed by atoms with Crippen molar-refractivity contribution in [1.82, 2.24) is 5.32 Å². The second kappa shape index (κ2) is 4.33. The van der Waals surface area contributed by atoms with E-state index in [0.29, 0.717) is 6.04 Å². The summed E-state index contributed by atoms with van der Waals surface area (Å²) in [5.41, 5.74) is 0. The predicted molar refractivity (Wildman–Crippen MR) is 56.9 cm³/mol. The van der Waals surface area contributed by atoms with Gasteiger partial charge in [-0.3, -0.25) is 4.79 Å². The summed E-state index contributed by atoms with van der Waals surface area (Å²) in [7, 11) is 0. The largest absolute Gasteiger partial charge is 0.353 e. The Kier molecular flexibility index (Phi) is 3.09. The zero-order valence-electron chi connectivity index (χ0n) is 9.09. The predicted octanol–water partition coefficient (Wildman–Crippen LogP) is 2.48. The van der Waals surface area contributed by atoms with Crippen LogP contribution in [0.3, 0.4) is 0 Å². The SMILES string of the molecule is CC(=O)N[C@H]1CCC[C@H]1C1CCCC1. The van der Waals surface area contributed by atoms with Crippen LogP contribution in [0, 0.1) is 11.8 Å². The highest BCUT2D eigenvalue weighted by Gasteiger charge is 2.35. The third kappa shape index (κ3) is 2.10. The number of rotatable bonds is 2. The van der Waals surface area contributed by atoms with Gasteiger partial charge in [-0.15, -0.1) is 0 Å². The van der Waals surface area contributed by atoms with E-state index >= 15 is 0 Å². The second-order valence-electron chi connectivity index (χ2n) is 4.95. The molecule has 0 radical (unpaired) electrons. The van der Waals surface area contributed by atoms with Gasteiger partial charge in [-0.05, 0) is 24.7 Å². The minimum atomic E-state index is 0.153. The Morgan fingerprint density at radius 2 is 1.79 bits per heavy atom. The van der Waals surface area contributed by atoms with Gasteiger partial charge >= 0.3 is 0 Å². The number of hydrogen-bond acceptors (Lipinski definition) is 1. The molecule has 2 atom stereocenters. The lowest BCUT2D eigenvalue weighted by molar-refractivity contribution is -0.120. The topological polar surface area (TPSA) is 29.1 Å². The maximum absolute atomic E-state index is 11.0. The zero-order chi connectivity index (χ0) is 9.97. The van der Waals surface area contributed by atoms with E-state index in [-0.39, 0.29) is 5.91 Å². The van der Waals surface area contributed by atoms with Gasteiger partial charge in [0.2, 0.25) is 5.91 Å². The molecule has 80 valence electrons. The van der Waals surface area contributed by atoms with Gasteiger partial charge in [0.05, 0.1) is 0 Å². The molecule has 2 aliphatic carbocycles. The van der Waals surface area contributed by atoms with Crippen LogP contribution in [0.15, 0.2) is 0 Å². The van der Waals surface area contributed by atoms with E-state index < -0.39 is 0 Å². The minimum absolute atomic E-state index is 0.153. The monoisotopic (exact) mass is 195 g/mol. The summed E-state index contributed by atoms with van der Waals surface area (Å²) in [5, 5.41) is 3.13. The van der Waals surface area contributed by atoms with Gasteiger partial charge in [-0.1, -0.05) is 32.1 Å². The molecule has 0 spiro atoms. The lowest BCUT2D eigenvalue weighted by Crippen LogP contribution is -2.38. The van der Waals surface area contributed by atoms with Crippen LogP contribution in [0.5, 0.6) is 0 Å². The van der Waals surface area contributed by atoms with Crippen LogP contribution in [-0.2, 0) is 4.79 Å². The van der Waals surface area contributed by atoms with Gasteiger partial charge in [-0.25, -0.2) is 0 Å². The molecule has 2 rings (SSSR count).